The number of hydrogen-bond acceptors (Lipinski definition) is 1. The van der Waals surface area contributed by atoms with Crippen molar-refractivity contribution < 1.29 is 0 Å². The highest BCUT2D eigenvalue weighted by molar-refractivity contribution is 9.10. The van der Waals surface area contributed by atoms with Crippen LogP contribution in [0.2, 0.25) is 0 Å². The number of fused-ring (bicyclic) bond motifs is 1. The zero-order valence-corrected chi connectivity index (χ0v) is 17.5. The van der Waals surface area contributed by atoms with Gasteiger partial charge in [0.25, 0.3) is 0 Å². The average molecular weight is 404 g/mol. The van der Waals surface area contributed by atoms with Crippen molar-refractivity contribution in [2.75, 3.05) is 0 Å². The summed E-state index contributed by atoms with van der Waals surface area (Å²) in [5.41, 5.74) is 2.43. The quantitative estimate of drug-likeness (QED) is 0.242. The highest BCUT2D eigenvalue weighted by Gasteiger charge is 2.04. The molecule has 0 saturated carbocycles. The second-order valence-corrected chi connectivity index (χ2v) is 8.02. The van der Waals surface area contributed by atoms with Crippen LogP contribution in [0, 0.1) is 0 Å². The van der Waals surface area contributed by atoms with Gasteiger partial charge in [0.15, 0.2) is 0 Å². The summed E-state index contributed by atoms with van der Waals surface area (Å²) in [5, 5.41) is 1.25. The first-order chi connectivity index (χ1) is 12.3. The Morgan fingerprint density at radius 3 is 1.96 bits per heavy atom. The Kier molecular flexibility index (Phi) is 10.2. The molecular formula is C23H34BrN. The molecule has 2 heteroatoms. The molecule has 0 aliphatic heterocycles. The van der Waals surface area contributed by atoms with Gasteiger partial charge in [-0.15, -0.1) is 0 Å². The number of halogens is 1. The molecule has 1 aromatic carbocycles. The topological polar surface area (TPSA) is 12.9 Å². The first kappa shape index (κ1) is 20.4. The van der Waals surface area contributed by atoms with Crippen LogP contribution in [-0.4, -0.2) is 4.98 Å². The third kappa shape index (κ3) is 7.90. The summed E-state index contributed by atoms with van der Waals surface area (Å²) in [6.07, 6.45) is 18.0. The Bertz CT molecular complexity index is 608. The lowest BCUT2D eigenvalue weighted by Crippen LogP contribution is -1.92. The fourth-order valence-electron chi connectivity index (χ4n) is 3.47. The first-order valence-electron chi connectivity index (χ1n) is 10.4. The Hall–Kier alpha value is -0.890. The Morgan fingerprint density at radius 2 is 1.32 bits per heavy atom. The van der Waals surface area contributed by atoms with Crippen molar-refractivity contribution in [2.24, 2.45) is 0 Å². The number of rotatable bonds is 13. The summed E-state index contributed by atoms with van der Waals surface area (Å²) in [5.74, 6) is 0. The molecule has 0 atom stereocenters. The van der Waals surface area contributed by atoms with Crippen molar-refractivity contribution >= 4 is 26.8 Å². The molecule has 0 bridgehead atoms. The monoisotopic (exact) mass is 403 g/mol. The van der Waals surface area contributed by atoms with E-state index >= 15 is 0 Å². The van der Waals surface area contributed by atoms with E-state index in [1.165, 1.54) is 88.0 Å². The molecule has 0 radical (unpaired) electrons. The second kappa shape index (κ2) is 12.5. The van der Waals surface area contributed by atoms with Crippen LogP contribution in [0.4, 0.5) is 0 Å². The van der Waals surface area contributed by atoms with Crippen LogP contribution < -0.4 is 0 Å². The molecule has 1 nitrogen and oxygen atoms in total. The van der Waals surface area contributed by atoms with Gasteiger partial charge >= 0.3 is 0 Å². The largest absolute Gasteiger partial charge is 0.241 e. The third-order valence-electron chi connectivity index (χ3n) is 5.05. The summed E-state index contributed by atoms with van der Waals surface area (Å²) >= 11 is 3.64. The molecule has 0 unspecified atom stereocenters. The van der Waals surface area contributed by atoms with Gasteiger partial charge in [-0.1, -0.05) is 95.8 Å². The van der Waals surface area contributed by atoms with Crippen molar-refractivity contribution in [1.82, 2.24) is 4.98 Å². The number of benzene rings is 1. The normalized spacial score (nSPS) is 11.3. The number of para-hydroxylation sites is 1. The predicted octanol–water partition coefficient (Wildman–Crippen LogP) is 8.24. The molecule has 1 aromatic heterocycles. The molecule has 2 rings (SSSR count). The molecule has 0 aliphatic carbocycles. The lowest BCUT2D eigenvalue weighted by Gasteiger charge is -2.07. The zero-order valence-electron chi connectivity index (χ0n) is 15.9. The van der Waals surface area contributed by atoms with E-state index in [0.29, 0.717) is 0 Å². The third-order valence-corrected chi connectivity index (χ3v) is 5.74. The first-order valence-corrected chi connectivity index (χ1v) is 11.1. The number of aromatic nitrogens is 1. The molecule has 0 amide bonds. The summed E-state index contributed by atoms with van der Waals surface area (Å²) in [7, 11) is 0. The van der Waals surface area contributed by atoms with Gasteiger partial charge in [0.05, 0.1) is 5.52 Å². The van der Waals surface area contributed by atoms with E-state index in [2.05, 4.69) is 52.1 Å². The van der Waals surface area contributed by atoms with Crippen molar-refractivity contribution in [3.63, 3.8) is 0 Å². The summed E-state index contributed by atoms with van der Waals surface area (Å²) in [4.78, 5) is 4.67. The number of nitrogens with zero attached hydrogens (tertiary/aromatic N) is 1. The number of hydrogen-bond donors (Lipinski definition) is 0. The maximum atomic E-state index is 4.67. The Labute approximate surface area is 162 Å². The van der Waals surface area contributed by atoms with E-state index in [1.807, 2.05) is 6.07 Å². The zero-order chi connectivity index (χ0) is 17.7. The molecule has 0 spiro atoms. The Balaban J connectivity index is 1.53. The van der Waals surface area contributed by atoms with E-state index in [9.17, 15) is 0 Å². The lowest BCUT2D eigenvalue weighted by molar-refractivity contribution is 0.544. The molecule has 0 saturated heterocycles. The van der Waals surface area contributed by atoms with Crippen LogP contribution in [0.25, 0.3) is 10.9 Å². The molecule has 1 heterocycles. The number of aryl methyl sites for hydroxylation is 1. The van der Waals surface area contributed by atoms with E-state index in [0.717, 1.165) is 16.5 Å². The molecule has 2 aromatic rings. The van der Waals surface area contributed by atoms with Crippen LogP contribution in [0.15, 0.2) is 34.9 Å². The smallest absolute Gasteiger partial charge is 0.110 e. The van der Waals surface area contributed by atoms with Crippen LogP contribution in [0.3, 0.4) is 0 Å². The highest BCUT2D eigenvalue weighted by atomic mass is 79.9. The van der Waals surface area contributed by atoms with Crippen molar-refractivity contribution in [1.29, 1.82) is 0 Å². The second-order valence-electron chi connectivity index (χ2n) is 7.27. The predicted molar refractivity (Wildman–Crippen MR) is 114 cm³/mol. The standard InChI is InChI=1S/C23H34BrN/c1-2-3-4-5-6-7-8-9-10-11-12-13-17-21-19-20-16-14-15-18-22(20)25-23(21)24/h14-16,18-19H,2-13,17H2,1H3. The minimum Gasteiger partial charge on any atom is -0.241 e. The lowest BCUT2D eigenvalue weighted by atomic mass is 10.0. The van der Waals surface area contributed by atoms with Gasteiger partial charge in [-0.25, -0.2) is 4.98 Å². The van der Waals surface area contributed by atoms with E-state index in [-0.39, 0.29) is 0 Å². The molecule has 138 valence electrons. The van der Waals surface area contributed by atoms with Gasteiger partial charge < -0.3 is 0 Å². The van der Waals surface area contributed by atoms with Crippen molar-refractivity contribution in [2.45, 2.75) is 90.4 Å². The fraction of sp³-hybridized carbons (Fsp3) is 0.609. The molecule has 0 fully saturated rings. The summed E-state index contributed by atoms with van der Waals surface area (Å²) in [6, 6.07) is 10.7. The van der Waals surface area contributed by atoms with E-state index < -0.39 is 0 Å². The molecule has 0 N–H and O–H groups in total. The van der Waals surface area contributed by atoms with Crippen LogP contribution in [0.5, 0.6) is 0 Å². The average Bonchev–Trinajstić information content (AvgIpc) is 2.63. The van der Waals surface area contributed by atoms with E-state index in [1.54, 1.807) is 0 Å². The minimum atomic E-state index is 1.02. The maximum absolute atomic E-state index is 4.67. The van der Waals surface area contributed by atoms with Gasteiger partial charge in [-0.05, 0) is 46.5 Å². The van der Waals surface area contributed by atoms with Crippen LogP contribution in [0.1, 0.15) is 89.5 Å². The van der Waals surface area contributed by atoms with Gasteiger partial charge in [0, 0.05) is 5.39 Å². The van der Waals surface area contributed by atoms with Gasteiger partial charge in [-0.2, -0.15) is 0 Å². The molecular weight excluding hydrogens is 370 g/mol. The van der Waals surface area contributed by atoms with Gasteiger partial charge in [-0.3, -0.25) is 0 Å². The SMILES string of the molecule is CCCCCCCCCCCCCCc1cc2ccccc2nc1Br. The highest BCUT2D eigenvalue weighted by Crippen LogP contribution is 2.23. The van der Waals surface area contributed by atoms with Crippen molar-refractivity contribution in [3.8, 4) is 0 Å². The Morgan fingerprint density at radius 1 is 0.760 bits per heavy atom. The van der Waals surface area contributed by atoms with E-state index in [4.69, 9.17) is 0 Å². The molecule has 25 heavy (non-hydrogen) atoms. The van der Waals surface area contributed by atoms with Gasteiger partial charge in [0.1, 0.15) is 4.60 Å². The number of pyridine rings is 1. The van der Waals surface area contributed by atoms with Crippen LogP contribution in [-0.2, 0) is 6.42 Å². The van der Waals surface area contributed by atoms with Gasteiger partial charge in [0.2, 0.25) is 0 Å². The maximum Gasteiger partial charge on any atom is 0.110 e. The van der Waals surface area contributed by atoms with Crippen molar-refractivity contribution in [3.05, 3.63) is 40.5 Å². The van der Waals surface area contributed by atoms with Crippen LogP contribution >= 0.6 is 15.9 Å². The summed E-state index contributed by atoms with van der Waals surface area (Å²) < 4.78 is 1.02. The minimum absolute atomic E-state index is 1.02. The fourth-order valence-corrected chi connectivity index (χ4v) is 3.97. The number of unbranched alkanes of at least 4 members (excludes halogenated alkanes) is 11. The molecule has 0 aliphatic rings. The summed E-state index contributed by atoms with van der Waals surface area (Å²) in [6.45, 7) is 2.29.